The number of anilines is 2. The first-order valence-electron chi connectivity index (χ1n) is 9.25. The zero-order valence-corrected chi connectivity index (χ0v) is 17.4. The van der Waals surface area contributed by atoms with E-state index < -0.39 is 29.8 Å². The van der Waals surface area contributed by atoms with E-state index >= 15 is 0 Å². The minimum Gasteiger partial charge on any atom is -0.493 e. The van der Waals surface area contributed by atoms with E-state index in [9.17, 15) is 14.4 Å². The molecule has 1 N–H and O–H groups in total. The van der Waals surface area contributed by atoms with Gasteiger partial charge in [-0.25, -0.2) is 4.90 Å². The molecule has 0 aromatic heterocycles. The maximum absolute atomic E-state index is 13.1. The van der Waals surface area contributed by atoms with Crippen molar-refractivity contribution in [3.63, 3.8) is 0 Å². The Morgan fingerprint density at radius 2 is 1.87 bits per heavy atom. The van der Waals surface area contributed by atoms with Gasteiger partial charge >= 0.3 is 0 Å². The number of methoxy groups -OCH3 is 2. The molecule has 10 nitrogen and oxygen atoms in total. The summed E-state index contributed by atoms with van der Waals surface area (Å²) in [4.78, 5) is 39.4. The Hall–Kier alpha value is -3.66. The molecule has 0 radical (unpaired) electrons. The summed E-state index contributed by atoms with van der Waals surface area (Å²) in [5.41, 5.74) is 0.826. The second-order valence-corrected chi connectivity index (χ2v) is 7.24. The van der Waals surface area contributed by atoms with Crippen molar-refractivity contribution in [3.8, 4) is 11.5 Å². The lowest BCUT2D eigenvalue weighted by Crippen LogP contribution is -2.43. The fourth-order valence-corrected chi connectivity index (χ4v) is 3.68. The Morgan fingerprint density at radius 1 is 1.10 bits per heavy atom. The van der Waals surface area contributed by atoms with Gasteiger partial charge in [0.05, 0.1) is 19.9 Å². The number of halogens is 1. The Kier molecular flexibility index (Phi) is 5.47. The summed E-state index contributed by atoms with van der Waals surface area (Å²) in [5.74, 6) is -0.639. The molecule has 2 heterocycles. The van der Waals surface area contributed by atoms with Gasteiger partial charge in [0.2, 0.25) is 5.91 Å². The third-order valence-corrected chi connectivity index (χ3v) is 5.13. The highest BCUT2D eigenvalue weighted by Gasteiger charge is 2.55. The average Bonchev–Trinajstić information content (AvgIpc) is 3.27. The third kappa shape index (κ3) is 3.77. The van der Waals surface area contributed by atoms with Gasteiger partial charge in [0, 0.05) is 16.8 Å². The molecule has 11 heteroatoms. The van der Waals surface area contributed by atoms with Gasteiger partial charge in [0.1, 0.15) is 6.54 Å². The molecule has 0 saturated carbocycles. The number of amides is 3. The van der Waals surface area contributed by atoms with Crippen LogP contribution in [-0.4, -0.2) is 55.6 Å². The lowest BCUT2D eigenvalue weighted by Gasteiger charge is -2.20. The highest BCUT2D eigenvalue weighted by Crippen LogP contribution is 2.36. The topological polar surface area (TPSA) is 113 Å². The summed E-state index contributed by atoms with van der Waals surface area (Å²) < 4.78 is 10.4. The Balaban J connectivity index is 1.51. The molecule has 2 aromatic carbocycles. The number of fused-ring (bicyclic) bond motifs is 1. The molecule has 0 bridgehead atoms. The fraction of sp³-hybridized carbons (Fsp3) is 0.250. The number of nitrogens with zero attached hydrogens (tertiary/aromatic N) is 4. The molecule has 31 heavy (non-hydrogen) atoms. The molecule has 2 aromatic rings. The molecule has 1 saturated heterocycles. The van der Waals surface area contributed by atoms with E-state index in [0.717, 1.165) is 4.90 Å². The summed E-state index contributed by atoms with van der Waals surface area (Å²) in [5, 5.41) is 12.2. The average molecular weight is 444 g/mol. The molecular formula is C20H18ClN5O5. The van der Waals surface area contributed by atoms with Gasteiger partial charge in [-0.2, -0.15) is 5.11 Å². The van der Waals surface area contributed by atoms with Crippen LogP contribution in [0.5, 0.6) is 11.5 Å². The highest BCUT2D eigenvalue weighted by molar-refractivity contribution is 6.31. The van der Waals surface area contributed by atoms with Crippen LogP contribution in [0.25, 0.3) is 0 Å². The van der Waals surface area contributed by atoms with E-state index in [0.29, 0.717) is 27.9 Å². The van der Waals surface area contributed by atoms with E-state index in [1.807, 2.05) is 0 Å². The maximum atomic E-state index is 13.1. The van der Waals surface area contributed by atoms with Crippen LogP contribution in [0.3, 0.4) is 0 Å². The second kappa shape index (κ2) is 8.23. The number of imide groups is 1. The van der Waals surface area contributed by atoms with Crippen LogP contribution in [0.15, 0.2) is 52.8 Å². The first-order chi connectivity index (χ1) is 14.9. The van der Waals surface area contributed by atoms with Crippen molar-refractivity contribution in [1.82, 2.24) is 5.01 Å². The standard InChI is InChI=1S/C20H18ClN5O5/c1-30-14-7-6-13(9-15(14)31-2)26-19(28)17-18(20(26)29)25(24-23-17)10-16(27)22-12-5-3-4-11(21)8-12/h3-9,17-18H,10H2,1-2H3,(H,22,27)/t17-,18+/m0/s1. The van der Waals surface area contributed by atoms with Crippen LogP contribution >= 0.6 is 11.6 Å². The third-order valence-electron chi connectivity index (χ3n) is 4.90. The van der Waals surface area contributed by atoms with Crippen molar-refractivity contribution in [1.29, 1.82) is 0 Å². The number of hydrogen-bond acceptors (Lipinski definition) is 8. The SMILES string of the molecule is COc1ccc(N2C(=O)[C@H]3N=NN(CC(=O)Nc4cccc(Cl)c4)[C@H]3C2=O)cc1OC. The van der Waals surface area contributed by atoms with Crippen molar-refractivity contribution in [2.45, 2.75) is 12.1 Å². The second-order valence-electron chi connectivity index (χ2n) is 6.80. The van der Waals surface area contributed by atoms with Gasteiger partial charge in [-0.3, -0.25) is 19.4 Å². The highest BCUT2D eigenvalue weighted by atomic mass is 35.5. The van der Waals surface area contributed by atoms with Crippen LogP contribution in [0.1, 0.15) is 0 Å². The molecule has 3 amide bonds. The van der Waals surface area contributed by atoms with Gasteiger partial charge in [0.15, 0.2) is 23.6 Å². The first kappa shape index (κ1) is 20.6. The molecule has 2 aliphatic rings. The van der Waals surface area contributed by atoms with Gasteiger partial charge in [0.25, 0.3) is 11.8 Å². The van der Waals surface area contributed by atoms with Crippen molar-refractivity contribution in [3.05, 3.63) is 47.5 Å². The van der Waals surface area contributed by atoms with E-state index in [1.54, 1.807) is 36.4 Å². The lowest BCUT2D eigenvalue weighted by molar-refractivity contribution is -0.123. The van der Waals surface area contributed by atoms with Crippen molar-refractivity contribution in [2.75, 3.05) is 31.0 Å². The maximum Gasteiger partial charge on any atom is 0.263 e. The van der Waals surface area contributed by atoms with Crippen LogP contribution < -0.4 is 19.7 Å². The zero-order chi connectivity index (χ0) is 22.1. The van der Waals surface area contributed by atoms with Crippen molar-refractivity contribution in [2.24, 2.45) is 10.3 Å². The van der Waals surface area contributed by atoms with Crippen LogP contribution in [0.2, 0.25) is 5.02 Å². The molecule has 0 aliphatic carbocycles. The predicted molar refractivity (Wildman–Crippen MR) is 111 cm³/mol. The Bertz CT molecular complexity index is 1090. The zero-order valence-electron chi connectivity index (χ0n) is 16.6. The number of carbonyl (C=O) groups is 3. The molecular weight excluding hydrogens is 426 g/mol. The van der Waals surface area contributed by atoms with Gasteiger partial charge in [-0.15, -0.1) is 0 Å². The normalized spacial score (nSPS) is 19.6. The summed E-state index contributed by atoms with van der Waals surface area (Å²) in [6, 6.07) is 9.35. The monoisotopic (exact) mass is 443 g/mol. The van der Waals surface area contributed by atoms with Crippen LogP contribution in [-0.2, 0) is 14.4 Å². The van der Waals surface area contributed by atoms with E-state index in [1.165, 1.54) is 25.3 Å². The quantitative estimate of drug-likeness (QED) is 0.685. The van der Waals surface area contributed by atoms with Crippen molar-refractivity contribution >= 4 is 40.7 Å². The molecule has 2 atom stereocenters. The van der Waals surface area contributed by atoms with Crippen molar-refractivity contribution < 1.29 is 23.9 Å². The largest absolute Gasteiger partial charge is 0.493 e. The summed E-state index contributed by atoms with van der Waals surface area (Å²) in [6.07, 6.45) is 0. The number of hydrogen-bond donors (Lipinski definition) is 1. The number of ether oxygens (including phenoxy) is 2. The molecule has 0 spiro atoms. The summed E-state index contributed by atoms with van der Waals surface area (Å²) in [7, 11) is 2.94. The molecule has 1 fully saturated rings. The van der Waals surface area contributed by atoms with Crippen LogP contribution in [0, 0.1) is 0 Å². The Morgan fingerprint density at radius 3 is 2.58 bits per heavy atom. The van der Waals surface area contributed by atoms with Crippen LogP contribution in [0.4, 0.5) is 11.4 Å². The number of rotatable bonds is 6. The van der Waals surface area contributed by atoms with Gasteiger partial charge in [-0.05, 0) is 30.3 Å². The number of carbonyl (C=O) groups excluding carboxylic acids is 3. The lowest BCUT2D eigenvalue weighted by atomic mass is 10.1. The summed E-state index contributed by atoms with van der Waals surface area (Å²) >= 11 is 5.92. The minimum atomic E-state index is -1.01. The molecule has 4 rings (SSSR count). The Labute approximate surface area is 182 Å². The van der Waals surface area contributed by atoms with E-state index in [4.69, 9.17) is 21.1 Å². The molecule has 2 aliphatic heterocycles. The van der Waals surface area contributed by atoms with E-state index in [-0.39, 0.29) is 6.54 Å². The van der Waals surface area contributed by atoms with Gasteiger partial charge < -0.3 is 14.8 Å². The predicted octanol–water partition coefficient (Wildman–Crippen LogP) is 2.29. The number of nitrogens with one attached hydrogen (secondary N) is 1. The minimum absolute atomic E-state index is 0.254. The van der Waals surface area contributed by atoms with E-state index in [2.05, 4.69) is 15.7 Å². The fourth-order valence-electron chi connectivity index (χ4n) is 3.49. The molecule has 160 valence electrons. The first-order valence-corrected chi connectivity index (χ1v) is 9.63. The van der Waals surface area contributed by atoms with Gasteiger partial charge in [-0.1, -0.05) is 22.9 Å². The smallest absolute Gasteiger partial charge is 0.263 e. The summed E-state index contributed by atoms with van der Waals surface area (Å²) in [6.45, 7) is -0.254. The number of benzene rings is 2. The molecule has 0 unspecified atom stereocenters.